The lowest BCUT2D eigenvalue weighted by Gasteiger charge is -2.11. The first-order chi connectivity index (χ1) is 13.8. The van der Waals surface area contributed by atoms with Gasteiger partial charge in [-0.25, -0.2) is 4.39 Å². The predicted molar refractivity (Wildman–Crippen MR) is 121 cm³/mol. The number of halogens is 2. The molecule has 1 N–H and O–H groups in total. The van der Waals surface area contributed by atoms with E-state index in [2.05, 4.69) is 51.5 Å². The molecule has 29 heavy (non-hydrogen) atoms. The highest BCUT2D eigenvalue weighted by Crippen LogP contribution is 2.25. The van der Waals surface area contributed by atoms with Crippen LogP contribution in [0.5, 0.6) is 0 Å². The minimum absolute atomic E-state index is 0.0403. The first-order valence-electron chi connectivity index (χ1n) is 8.95. The van der Waals surface area contributed by atoms with Gasteiger partial charge in [0.25, 0.3) is 5.91 Å². The molecule has 3 aromatic rings. The number of rotatable bonds is 4. The predicted octanol–water partition coefficient (Wildman–Crippen LogP) is 5.69. The smallest absolute Gasteiger partial charge is 0.266 e. The summed E-state index contributed by atoms with van der Waals surface area (Å²) in [7, 11) is 0. The van der Waals surface area contributed by atoms with Crippen LogP contribution in [0, 0.1) is 41.5 Å². The number of hydrogen-bond acceptors (Lipinski definition) is 2. The molecule has 0 atom stereocenters. The van der Waals surface area contributed by atoms with Crippen molar-refractivity contribution < 1.29 is 9.18 Å². The number of nitriles is 1. The fourth-order valence-corrected chi connectivity index (χ4v) is 3.49. The Morgan fingerprint density at radius 2 is 1.90 bits per heavy atom. The summed E-state index contributed by atoms with van der Waals surface area (Å²) in [5.41, 5.74) is 4.81. The molecule has 2 aromatic carbocycles. The quantitative estimate of drug-likeness (QED) is 0.285. The van der Waals surface area contributed by atoms with E-state index in [0.29, 0.717) is 0 Å². The second-order valence-electron chi connectivity index (χ2n) is 6.70. The van der Waals surface area contributed by atoms with E-state index in [1.165, 1.54) is 33.4 Å². The lowest BCUT2D eigenvalue weighted by Crippen LogP contribution is -2.14. The summed E-state index contributed by atoms with van der Waals surface area (Å²) >= 11 is 2.30. The van der Waals surface area contributed by atoms with Crippen molar-refractivity contribution in [2.45, 2.75) is 20.8 Å². The van der Waals surface area contributed by atoms with Crippen LogP contribution in [-0.4, -0.2) is 10.5 Å². The molecule has 0 saturated carbocycles. The van der Waals surface area contributed by atoms with Gasteiger partial charge in [0.15, 0.2) is 0 Å². The maximum Gasteiger partial charge on any atom is 0.266 e. The van der Waals surface area contributed by atoms with Gasteiger partial charge in [-0.3, -0.25) is 4.79 Å². The number of para-hydroxylation sites is 1. The molecule has 0 aliphatic rings. The molecule has 0 unspecified atom stereocenters. The largest absolute Gasteiger partial charge is 0.319 e. The number of benzene rings is 2. The number of aromatic nitrogens is 1. The monoisotopic (exact) mass is 499 g/mol. The molecule has 1 heterocycles. The number of amides is 1. The highest BCUT2D eigenvalue weighted by molar-refractivity contribution is 14.1. The lowest BCUT2D eigenvalue weighted by atomic mass is 10.1. The fourth-order valence-electron chi connectivity index (χ4n) is 3.16. The van der Waals surface area contributed by atoms with Crippen molar-refractivity contribution in [3.8, 4) is 11.8 Å². The van der Waals surface area contributed by atoms with E-state index < -0.39 is 11.7 Å². The second-order valence-corrected chi connectivity index (χ2v) is 7.86. The zero-order chi connectivity index (χ0) is 21.1. The van der Waals surface area contributed by atoms with Crippen molar-refractivity contribution in [2.24, 2.45) is 0 Å². The molecule has 4 nitrogen and oxygen atoms in total. The summed E-state index contributed by atoms with van der Waals surface area (Å²) in [5, 5.41) is 11.9. The van der Waals surface area contributed by atoms with E-state index >= 15 is 0 Å². The van der Waals surface area contributed by atoms with Crippen LogP contribution < -0.4 is 5.32 Å². The molecule has 0 aliphatic carbocycles. The standard InChI is InChI=1S/C23H19FIN3O/c1-14-10-19(8-9-21(14)25)28-15(2)11-17(16(28)3)12-18(13-26)23(29)27-22-7-5-4-6-20(22)24/h4-12H,1-3H3,(H,27,29)/b18-12+. The number of carbonyl (C=O) groups is 1. The summed E-state index contributed by atoms with van der Waals surface area (Å²) < 4.78 is 17.1. The van der Waals surface area contributed by atoms with Crippen LogP contribution in [0.15, 0.2) is 54.1 Å². The summed E-state index contributed by atoms with van der Waals surface area (Å²) in [6.45, 7) is 5.97. The Labute approximate surface area is 182 Å². The maximum absolute atomic E-state index is 13.8. The molecule has 0 fully saturated rings. The molecule has 6 heteroatoms. The Morgan fingerprint density at radius 1 is 1.17 bits per heavy atom. The Kier molecular flexibility index (Phi) is 6.18. The zero-order valence-electron chi connectivity index (χ0n) is 16.3. The molecule has 1 aromatic heterocycles. The van der Waals surface area contributed by atoms with Crippen molar-refractivity contribution in [1.29, 1.82) is 5.26 Å². The molecule has 3 rings (SSSR count). The molecule has 0 bridgehead atoms. The minimum atomic E-state index is -0.646. The van der Waals surface area contributed by atoms with Gasteiger partial charge in [0, 0.05) is 20.6 Å². The van der Waals surface area contributed by atoms with Crippen molar-refractivity contribution in [1.82, 2.24) is 4.57 Å². The third kappa shape index (κ3) is 4.40. The number of anilines is 1. The fraction of sp³-hybridized carbons (Fsp3) is 0.130. The minimum Gasteiger partial charge on any atom is -0.319 e. The molecular formula is C23H19FIN3O. The maximum atomic E-state index is 13.8. The average Bonchev–Trinajstić information content (AvgIpc) is 2.97. The van der Waals surface area contributed by atoms with Gasteiger partial charge in [-0.05, 0) is 97.0 Å². The number of aryl methyl sites for hydroxylation is 2. The molecule has 0 aliphatic heterocycles. The van der Waals surface area contributed by atoms with Crippen LogP contribution in [-0.2, 0) is 4.79 Å². The molecular weight excluding hydrogens is 480 g/mol. The highest BCUT2D eigenvalue weighted by Gasteiger charge is 2.15. The Bertz CT molecular complexity index is 1170. The molecule has 146 valence electrons. The van der Waals surface area contributed by atoms with E-state index in [4.69, 9.17) is 0 Å². The van der Waals surface area contributed by atoms with Gasteiger partial charge in [0.2, 0.25) is 0 Å². The topological polar surface area (TPSA) is 57.8 Å². The number of nitrogens with zero attached hydrogens (tertiary/aromatic N) is 2. The third-order valence-electron chi connectivity index (χ3n) is 4.66. The average molecular weight is 499 g/mol. The summed E-state index contributed by atoms with van der Waals surface area (Å²) in [6.07, 6.45) is 1.54. The second kappa shape index (κ2) is 8.62. The SMILES string of the molecule is Cc1cc(-n2c(C)cc(/C=C(\C#N)C(=O)Nc3ccccc3F)c2C)ccc1I. The van der Waals surface area contributed by atoms with E-state index in [1.807, 2.05) is 32.0 Å². The Morgan fingerprint density at radius 3 is 2.55 bits per heavy atom. The van der Waals surface area contributed by atoms with Gasteiger partial charge >= 0.3 is 0 Å². The lowest BCUT2D eigenvalue weighted by molar-refractivity contribution is -0.112. The van der Waals surface area contributed by atoms with Crippen LogP contribution in [0.4, 0.5) is 10.1 Å². The van der Waals surface area contributed by atoms with Gasteiger partial charge < -0.3 is 9.88 Å². The molecule has 0 saturated heterocycles. The number of carbonyl (C=O) groups excluding carboxylic acids is 1. The van der Waals surface area contributed by atoms with Gasteiger partial charge in [0.05, 0.1) is 5.69 Å². The van der Waals surface area contributed by atoms with E-state index in [0.717, 1.165) is 22.6 Å². The molecule has 1 amide bonds. The van der Waals surface area contributed by atoms with Crippen molar-refractivity contribution in [2.75, 3.05) is 5.32 Å². The van der Waals surface area contributed by atoms with E-state index in [-0.39, 0.29) is 11.3 Å². The molecule has 0 spiro atoms. The van der Waals surface area contributed by atoms with Gasteiger partial charge in [-0.1, -0.05) is 12.1 Å². The van der Waals surface area contributed by atoms with Gasteiger partial charge in [0.1, 0.15) is 17.5 Å². The van der Waals surface area contributed by atoms with E-state index in [1.54, 1.807) is 6.07 Å². The number of hydrogen-bond donors (Lipinski definition) is 1. The van der Waals surface area contributed by atoms with Crippen molar-refractivity contribution in [3.05, 3.63) is 86.0 Å². The first kappa shape index (κ1) is 20.8. The normalized spacial score (nSPS) is 11.2. The van der Waals surface area contributed by atoms with Crippen LogP contribution in [0.1, 0.15) is 22.5 Å². The Balaban J connectivity index is 1.96. The van der Waals surface area contributed by atoms with Crippen molar-refractivity contribution in [3.63, 3.8) is 0 Å². The van der Waals surface area contributed by atoms with Gasteiger partial charge in [-0.15, -0.1) is 0 Å². The zero-order valence-corrected chi connectivity index (χ0v) is 18.4. The summed E-state index contributed by atoms with van der Waals surface area (Å²) in [5.74, 6) is -1.20. The molecule has 0 radical (unpaired) electrons. The number of nitrogens with one attached hydrogen (secondary N) is 1. The van der Waals surface area contributed by atoms with E-state index in [9.17, 15) is 14.4 Å². The van der Waals surface area contributed by atoms with Crippen molar-refractivity contribution >= 4 is 40.3 Å². The van der Waals surface area contributed by atoms with Crippen LogP contribution in [0.25, 0.3) is 11.8 Å². The Hall–Kier alpha value is -2.92. The first-order valence-corrected chi connectivity index (χ1v) is 10.0. The third-order valence-corrected chi connectivity index (χ3v) is 5.87. The highest BCUT2D eigenvalue weighted by atomic mass is 127. The van der Waals surface area contributed by atoms with Gasteiger partial charge in [-0.2, -0.15) is 5.26 Å². The van der Waals surface area contributed by atoms with Crippen LogP contribution >= 0.6 is 22.6 Å². The van der Waals surface area contributed by atoms with Crippen LogP contribution in [0.3, 0.4) is 0 Å². The summed E-state index contributed by atoms with van der Waals surface area (Å²) in [4.78, 5) is 12.5. The van der Waals surface area contributed by atoms with Crippen LogP contribution in [0.2, 0.25) is 0 Å². The summed E-state index contributed by atoms with van der Waals surface area (Å²) in [6, 6.07) is 15.9.